The molecule has 0 radical (unpaired) electrons. The summed E-state index contributed by atoms with van der Waals surface area (Å²) in [5, 5.41) is 33.8. The van der Waals surface area contributed by atoms with Gasteiger partial charge in [-0.25, -0.2) is 0 Å². The van der Waals surface area contributed by atoms with E-state index in [1.165, 1.54) is 0 Å². The highest BCUT2D eigenvalue weighted by Gasteiger charge is 2.18. The van der Waals surface area contributed by atoms with Gasteiger partial charge in [-0.05, 0) is 89.5 Å². The summed E-state index contributed by atoms with van der Waals surface area (Å²) in [5.41, 5.74) is 11.8. The maximum atomic E-state index is 9.99. The monoisotopic (exact) mass is 635 g/mol. The lowest BCUT2D eigenvalue weighted by Gasteiger charge is -2.16. The van der Waals surface area contributed by atoms with Crippen LogP contribution in [0.15, 0.2) is 152 Å². The van der Waals surface area contributed by atoms with Gasteiger partial charge in [0.1, 0.15) is 6.07 Å². The van der Waals surface area contributed by atoms with Gasteiger partial charge in [0.05, 0.1) is 56.6 Å². The topological polar surface area (TPSA) is 81.2 Å². The van der Waals surface area contributed by atoms with Crippen LogP contribution in [0.2, 0.25) is 0 Å². The largest absolute Gasteiger partial charge is 0.309 e. The third-order valence-corrected chi connectivity index (χ3v) is 9.62. The first-order chi connectivity index (χ1) is 24.7. The smallest absolute Gasteiger partial charge is 0.101 e. The second-order valence-corrected chi connectivity index (χ2v) is 12.3. The Bertz CT molecular complexity index is 2960. The van der Waals surface area contributed by atoms with Gasteiger partial charge in [-0.2, -0.15) is 15.8 Å². The second kappa shape index (κ2) is 11.4. The number of benzene rings is 7. The molecule has 0 spiro atoms. The molecule has 2 aromatic heterocycles. The number of hydrogen-bond acceptors (Lipinski definition) is 3. The van der Waals surface area contributed by atoms with E-state index in [0.717, 1.165) is 77.2 Å². The maximum Gasteiger partial charge on any atom is 0.101 e. The van der Waals surface area contributed by atoms with Gasteiger partial charge in [0.25, 0.3) is 0 Å². The Balaban J connectivity index is 1.18. The van der Waals surface area contributed by atoms with Crippen molar-refractivity contribution in [3.05, 3.63) is 168 Å². The second-order valence-electron chi connectivity index (χ2n) is 12.3. The molecule has 9 aromatic rings. The van der Waals surface area contributed by atoms with Crippen molar-refractivity contribution in [3.63, 3.8) is 0 Å². The fourth-order valence-electron chi connectivity index (χ4n) is 7.38. The third kappa shape index (κ3) is 4.38. The maximum absolute atomic E-state index is 9.99. The molecule has 0 bridgehead atoms. The summed E-state index contributed by atoms with van der Waals surface area (Å²) in [5.74, 6) is 0. The molecule has 0 fully saturated rings. The van der Waals surface area contributed by atoms with Crippen LogP contribution in [0.4, 0.5) is 0 Å². The first kappa shape index (κ1) is 28.8. The van der Waals surface area contributed by atoms with Crippen LogP contribution < -0.4 is 0 Å². The quantitative estimate of drug-likeness (QED) is 0.193. The fraction of sp³-hybridized carbons (Fsp3) is 0. The first-order valence-electron chi connectivity index (χ1n) is 16.3. The van der Waals surface area contributed by atoms with Crippen molar-refractivity contribution in [2.24, 2.45) is 0 Å². The van der Waals surface area contributed by atoms with E-state index in [9.17, 15) is 15.8 Å². The summed E-state index contributed by atoms with van der Waals surface area (Å²) < 4.78 is 4.40. The number of nitrogens with zero attached hydrogens (tertiary/aromatic N) is 5. The van der Waals surface area contributed by atoms with Gasteiger partial charge in [-0.1, -0.05) is 78.9 Å². The van der Waals surface area contributed by atoms with E-state index in [1.807, 2.05) is 72.8 Å². The highest BCUT2D eigenvalue weighted by Crippen LogP contribution is 2.39. The molecule has 2 heterocycles. The van der Waals surface area contributed by atoms with E-state index in [4.69, 9.17) is 0 Å². The summed E-state index contributed by atoms with van der Waals surface area (Å²) in [6.07, 6.45) is 0. The van der Waals surface area contributed by atoms with Crippen molar-refractivity contribution >= 4 is 43.6 Å². The standard InChI is InChI=1S/C45H25N5/c46-26-29-15-21-43(50-42-14-4-2-11-37(42)40-24-30(27-47)16-22-44(40)50)39(23-29)33-8-5-7-32(25-33)31-17-19-35(20-18-31)49-41-13-3-1-10-36(41)38-12-6-9-34(28-48)45(38)49/h1-25H. The minimum atomic E-state index is 0.578. The average molecular weight is 636 g/mol. The Morgan fingerprint density at radius 2 is 1.02 bits per heavy atom. The lowest BCUT2D eigenvalue weighted by Crippen LogP contribution is -1.98. The molecule has 5 nitrogen and oxygen atoms in total. The number of para-hydroxylation sites is 3. The Labute approximate surface area is 287 Å². The molecule has 50 heavy (non-hydrogen) atoms. The van der Waals surface area contributed by atoms with E-state index in [0.29, 0.717) is 16.7 Å². The van der Waals surface area contributed by atoms with Gasteiger partial charge < -0.3 is 9.13 Å². The molecule has 9 rings (SSSR count). The zero-order valence-electron chi connectivity index (χ0n) is 26.7. The van der Waals surface area contributed by atoms with Gasteiger partial charge in [-0.3, -0.25) is 0 Å². The zero-order valence-corrected chi connectivity index (χ0v) is 26.7. The van der Waals surface area contributed by atoms with E-state index in [1.54, 1.807) is 0 Å². The molecule has 5 heteroatoms. The lowest BCUT2D eigenvalue weighted by molar-refractivity contribution is 1.18. The number of hydrogen-bond donors (Lipinski definition) is 0. The van der Waals surface area contributed by atoms with Crippen molar-refractivity contribution < 1.29 is 0 Å². The van der Waals surface area contributed by atoms with E-state index in [2.05, 4.69) is 106 Å². The molecule has 0 atom stereocenters. The predicted molar refractivity (Wildman–Crippen MR) is 200 cm³/mol. The van der Waals surface area contributed by atoms with Crippen LogP contribution in [0, 0.1) is 34.0 Å². The highest BCUT2D eigenvalue weighted by molar-refractivity contribution is 6.11. The average Bonchev–Trinajstić information content (AvgIpc) is 3.70. The van der Waals surface area contributed by atoms with Crippen LogP contribution in [0.1, 0.15) is 16.7 Å². The summed E-state index contributed by atoms with van der Waals surface area (Å²) in [7, 11) is 0. The minimum absolute atomic E-state index is 0.578. The SMILES string of the molecule is N#Cc1ccc(-n2c3ccccc3c3cc(C#N)ccc32)c(-c2cccc(-c3ccc(-n4c5ccccc5c5cccc(C#N)c54)cc3)c2)c1. The number of aromatic nitrogens is 2. The summed E-state index contributed by atoms with van der Waals surface area (Å²) in [4.78, 5) is 0. The van der Waals surface area contributed by atoms with Gasteiger partial charge in [-0.15, -0.1) is 0 Å². The zero-order chi connectivity index (χ0) is 33.8. The van der Waals surface area contributed by atoms with Crippen LogP contribution in [0.25, 0.3) is 77.2 Å². The summed E-state index contributed by atoms with van der Waals surface area (Å²) in [6.45, 7) is 0. The molecule has 0 unspecified atom stereocenters. The van der Waals surface area contributed by atoms with E-state index in [-0.39, 0.29) is 0 Å². The van der Waals surface area contributed by atoms with Crippen molar-refractivity contribution in [2.45, 2.75) is 0 Å². The predicted octanol–water partition coefficient (Wildman–Crippen LogP) is 10.8. The fourth-order valence-corrected chi connectivity index (χ4v) is 7.38. The van der Waals surface area contributed by atoms with Gasteiger partial charge >= 0.3 is 0 Å². The summed E-state index contributed by atoms with van der Waals surface area (Å²) in [6, 6.07) is 57.9. The molecular formula is C45H25N5. The number of fused-ring (bicyclic) bond motifs is 6. The molecule has 230 valence electrons. The molecule has 0 saturated heterocycles. The van der Waals surface area contributed by atoms with Crippen molar-refractivity contribution in [2.75, 3.05) is 0 Å². The third-order valence-electron chi connectivity index (χ3n) is 9.62. The Kier molecular flexibility index (Phi) is 6.56. The lowest BCUT2D eigenvalue weighted by atomic mass is 9.96. The molecule has 0 aliphatic rings. The molecule has 0 amide bonds. The normalized spacial score (nSPS) is 11.1. The van der Waals surface area contributed by atoms with Crippen molar-refractivity contribution in [1.29, 1.82) is 15.8 Å². The molecule has 0 aliphatic heterocycles. The Hall–Kier alpha value is -7.39. The first-order valence-corrected chi connectivity index (χ1v) is 16.3. The molecular weight excluding hydrogens is 611 g/mol. The molecule has 0 aliphatic carbocycles. The Morgan fingerprint density at radius 3 is 1.78 bits per heavy atom. The van der Waals surface area contributed by atoms with E-state index < -0.39 is 0 Å². The van der Waals surface area contributed by atoms with Crippen LogP contribution in [-0.4, -0.2) is 9.13 Å². The summed E-state index contributed by atoms with van der Waals surface area (Å²) >= 11 is 0. The number of nitriles is 3. The minimum Gasteiger partial charge on any atom is -0.309 e. The van der Waals surface area contributed by atoms with E-state index >= 15 is 0 Å². The molecule has 0 saturated carbocycles. The van der Waals surface area contributed by atoms with Crippen molar-refractivity contribution in [1.82, 2.24) is 9.13 Å². The Morgan fingerprint density at radius 1 is 0.400 bits per heavy atom. The molecule has 7 aromatic carbocycles. The van der Waals surface area contributed by atoms with Gasteiger partial charge in [0.2, 0.25) is 0 Å². The van der Waals surface area contributed by atoms with Gasteiger partial charge in [0, 0.05) is 32.8 Å². The van der Waals surface area contributed by atoms with Crippen LogP contribution in [0.3, 0.4) is 0 Å². The number of rotatable bonds is 4. The van der Waals surface area contributed by atoms with Crippen LogP contribution in [-0.2, 0) is 0 Å². The van der Waals surface area contributed by atoms with Crippen LogP contribution in [0.5, 0.6) is 0 Å². The highest BCUT2D eigenvalue weighted by atomic mass is 15.0. The molecule has 0 N–H and O–H groups in total. The van der Waals surface area contributed by atoms with Gasteiger partial charge in [0.15, 0.2) is 0 Å². The van der Waals surface area contributed by atoms with Crippen molar-refractivity contribution in [3.8, 4) is 51.8 Å². The van der Waals surface area contributed by atoms with Crippen LogP contribution >= 0.6 is 0 Å².